The molecule has 3 rings (SSSR count). The molecule has 0 aliphatic carbocycles. The number of rotatable bonds is 5. The van der Waals surface area contributed by atoms with Gasteiger partial charge in [-0.15, -0.1) is 0 Å². The molecule has 0 unspecified atom stereocenters. The van der Waals surface area contributed by atoms with Crippen molar-refractivity contribution in [3.63, 3.8) is 0 Å². The summed E-state index contributed by atoms with van der Waals surface area (Å²) < 4.78 is 5.72. The maximum absolute atomic E-state index is 12.6. The Hall–Kier alpha value is -2.55. The summed E-state index contributed by atoms with van der Waals surface area (Å²) in [5.74, 6) is 0.791. The van der Waals surface area contributed by atoms with Gasteiger partial charge in [0, 0.05) is 43.3 Å². The molecule has 0 radical (unpaired) electrons. The van der Waals surface area contributed by atoms with Gasteiger partial charge in [0.25, 0.3) is 5.91 Å². The number of piperazine rings is 1. The van der Waals surface area contributed by atoms with Gasteiger partial charge in [0.1, 0.15) is 12.4 Å². The first-order valence-corrected chi connectivity index (χ1v) is 8.93. The van der Waals surface area contributed by atoms with Crippen molar-refractivity contribution in [3.8, 4) is 11.8 Å². The number of ether oxygens (including phenoxy) is 1. The van der Waals surface area contributed by atoms with Crippen LogP contribution in [0.3, 0.4) is 0 Å². The fourth-order valence-electron chi connectivity index (χ4n) is 2.90. The van der Waals surface area contributed by atoms with Crippen LogP contribution in [0.1, 0.15) is 15.9 Å². The minimum Gasteiger partial charge on any atom is -0.492 e. The lowest BCUT2D eigenvalue weighted by Gasteiger charge is -2.34. The SMILES string of the molecule is N#Cc1cccc(C(=O)N2CCN(CCOc3ccc(Cl)cc3)CC2)c1. The number of benzene rings is 2. The van der Waals surface area contributed by atoms with Crippen molar-refractivity contribution >= 4 is 17.5 Å². The first-order valence-electron chi connectivity index (χ1n) is 8.56. The van der Waals surface area contributed by atoms with Crippen molar-refractivity contribution < 1.29 is 9.53 Å². The van der Waals surface area contributed by atoms with Crippen LogP contribution >= 0.6 is 11.6 Å². The Labute approximate surface area is 158 Å². The van der Waals surface area contributed by atoms with Crippen molar-refractivity contribution in [3.05, 3.63) is 64.7 Å². The number of halogens is 1. The molecule has 0 atom stereocenters. The topological polar surface area (TPSA) is 56.6 Å². The summed E-state index contributed by atoms with van der Waals surface area (Å²) in [6, 6.07) is 16.3. The predicted molar refractivity (Wildman–Crippen MR) is 100 cm³/mol. The molecule has 1 fully saturated rings. The molecular weight excluding hydrogens is 350 g/mol. The second-order valence-electron chi connectivity index (χ2n) is 6.13. The monoisotopic (exact) mass is 369 g/mol. The summed E-state index contributed by atoms with van der Waals surface area (Å²) in [7, 11) is 0. The lowest BCUT2D eigenvalue weighted by Crippen LogP contribution is -2.49. The fourth-order valence-corrected chi connectivity index (χ4v) is 3.03. The van der Waals surface area contributed by atoms with Crippen LogP contribution in [-0.2, 0) is 0 Å². The Kier molecular flexibility index (Phi) is 6.11. The lowest BCUT2D eigenvalue weighted by molar-refractivity contribution is 0.0620. The Morgan fingerprint density at radius 2 is 1.85 bits per heavy atom. The standard InChI is InChI=1S/C20H20ClN3O2/c21-18-4-6-19(7-5-18)26-13-12-23-8-10-24(11-9-23)20(25)17-3-1-2-16(14-17)15-22/h1-7,14H,8-13H2. The number of nitriles is 1. The smallest absolute Gasteiger partial charge is 0.253 e. The van der Waals surface area contributed by atoms with E-state index in [1.54, 1.807) is 24.3 Å². The second-order valence-corrected chi connectivity index (χ2v) is 6.57. The molecule has 6 heteroatoms. The third-order valence-electron chi connectivity index (χ3n) is 4.39. The van der Waals surface area contributed by atoms with Gasteiger partial charge in [-0.05, 0) is 42.5 Å². The molecule has 134 valence electrons. The molecule has 26 heavy (non-hydrogen) atoms. The van der Waals surface area contributed by atoms with Gasteiger partial charge in [-0.2, -0.15) is 5.26 Å². The molecule has 5 nitrogen and oxygen atoms in total. The minimum atomic E-state index is -0.0147. The summed E-state index contributed by atoms with van der Waals surface area (Å²) in [6.45, 7) is 4.39. The van der Waals surface area contributed by atoms with E-state index in [0.717, 1.165) is 25.4 Å². The molecule has 1 saturated heterocycles. The van der Waals surface area contributed by atoms with E-state index in [1.165, 1.54) is 0 Å². The maximum Gasteiger partial charge on any atom is 0.253 e. The molecule has 2 aromatic rings. The molecule has 1 aliphatic rings. The van der Waals surface area contributed by atoms with Crippen molar-refractivity contribution in [1.82, 2.24) is 9.80 Å². The Balaban J connectivity index is 1.44. The highest BCUT2D eigenvalue weighted by atomic mass is 35.5. The first kappa shape index (κ1) is 18.2. The predicted octanol–water partition coefficient (Wildman–Crippen LogP) is 3.05. The number of carbonyl (C=O) groups excluding carboxylic acids is 1. The summed E-state index contributed by atoms with van der Waals surface area (Å²) in [6.07, 6.45) is 0. The first-order chi connectivity index (χ1) is 12.7. The van der Waals surface area contributed by atoms with Crippen LogP contribution in [0.25, 0.3) is 0 Å². The molecule has 0 saturated carbocycles. The van der Waals surface area contributed by atoms with E-state index >= 15 is 0 Å². The third kappa shape index (κ3) is 4.75. The van der Waals surface area contributed by atoms with Gasteiger partial charge in [0.2, 0.25) is 0 Å². The van der Waals surface area contributed by atoms with Crippen molar-refractivity contribution in [1.29, 1.82) is 5.26 Å². The Morgan fingerprint density at radius 1 is 1.12 bits per heavy atom. The highest BCUT2D eigenvalue weighted by Crippen LogP contribution is 2.15. The van der Waals surface area contributed by atoms with Gasteiger partial charge in [0.05, 0.1) is 11.6 Å². The van der Waals surface area contributed by atoms with Crippen LogP contribution in [0.15, 0.2) is 48.5 Å². The highest BCUT2D eigenvalue weighted by molar-refractivity contribution is 6.30. The van der Waals surface area contributed by atoms with Crippen molar-refractivity contribution in [2.24, 2.45) is 0 Å². The van der Waals surface area contributed by atoms with E-state index in [-0.39, 0.29) is 5.91 Å². The van der Waals surface area contributed by atoms with E-state index in [9.17, 15) is 4.79 Å². The fraction of sp³-hybridized carbons (Fsp3) is 0.300. The van der Waals surface area contributed by atoms with Gasteiger partial charge in [-0.3, -0.25) is 9.69 Å². The molecule has 0 spiro atoms. The normalized spacial score (nSPS) is 14.7. The van der Waals surface area contributed by atoms with Gasteiger partial charge >= 0.3 is 0 Å². The van der Waals surface area contributed by atoms with Gasteiger partial charge in [-0.25, -0.2) is 0 Å². The Morgan fingerprint density at radius 3 is 2.54 bits per heavy atom. The summed E-state index contributed by atoms with van der Waals surface area (Å²) >= 11 is 5.86. The average molecular weight is 370 g/mol. The van der Waals surface area contributed by atoms with Gasteiger partial charge in [-0.1, -0.05) is 17.7 Å². The molecule has 1 aliphatic heterocycles. The summed E-state index contributed by atoms with van der Waals surface area (Å²) in [5, 5.41) is 9.66. The number of hydrogen-bond acceptors (Lipinski definition) is 4. The number of hydrogen-bond donors (Lipinski definition) is 0. The highest BCUT2D eigenvalue weighted by Gasteiger charge is 2.22. The van der Waals surface area contributed by atoms with Crippen molar-refractivity contribution in [2.75, 3.05) is 39.3 Å². The molecule has 1 heterocycles. The largest absolute Gasteiger partial charge is 0.492 e. The second kappa shape index (κ2) is 8.70. The van der Waals surface area contributed by atoms with Gasteiger partial charge in [0.15, 0.2) is 0 Å². The van der Waals surface area contributed by atoms with Crippen LogP contribution in [0, 0.1) is 11.3 Å². The zero-order valence-electron chi connectivity index (χ0n) is 14.4. The number of nitrogens with zero attached hydrogens (tertiary/aromatic N) is 3. The van der Waals surface area contributed by atoms with Gasteiger partial charge < -0.3 is 9.64 Å². The lowest BCUT2D eigenvalue weighted by atomic mass is 10.1. The summed E-state index contributed by atoms with van der Waals surface area (Å²) in [4.78, 5) is 16.7. The molecule has 1 amide bonds. The van der Waals surface area contributed by atoms with Crippen molar-refractivity contribution in [2.45, 2.75) is 0 Å². The van der Waals surface area contributed by atoms with E-state index in [2.05, 4.69) is 11.0 Å². The van der Waals surface area contributed by atoms with E-state index in [1.807, 2.05) is 29.2 Å². The van der Waals surface area contributed by atoms with E-state index < -0.39 is 0 Å². The molecule has 0 aromatic heterocycles. The number of amides is 1. The van der Waals surface area contributed by atoms with E-state index in [0.29, 0.717) is 35.8 Å². The molecule has 0 N–H and O–H groups in total. The number of carbonyl (C=O) groups is 1. The quantitative estimate of drug-likeness (QED) is 0.812. The zero-order chi connectivity index (χ0) is 18.4. The van der Waals surface area contributed by atoms with Crippen LogP contribution in [-0.4, -0.2) is 55.0 Å². The molecular formula is C20H20ClN3O2. The van der Waals surface area contributed by atoms with Crippen LogP contribution in [0.5, 0.6) is 5.75 Å². The third-order valence-corrected chi connectivity index (χ3v) is 4.64. The average Bonchev–Trinajstić information content (AvgIpc) is 2.69. The zero-order valence-corrected chi connectivity index (χ0v) is 15.2. The maximum atomic E-state index is 12.6. The van der Waals surface area contributed by atoms with Crippen LogP contribution in [0.2, 0.25) is 5.02 Å². The summed E-state index contributed by atoms with van der Waals surface area (Å²) in [5.41, 5.74) is 1.08. The minimum absolute atomic E-state index is 0.0147. The molecule has 0 bridgehead atoms. The Bertz CT molecular complexity index is 793. The molecule has 2 aromatic carbocycles. The van der Waals surface area contributed by atoms with Crippen LogP contribution < -0.4 is 4.74 Å². The van der Waals surface area contributed by atoms with E-state index in [4.69, 9.17) is 21.6 Å². The van der Waals surface area contributed by atoms with Crippen LogP contribution in [0.4, 0.5) is 0 Å².